The zero-order valence-corrected chi connectivity index (χ0v) is 17.8. The summed E-state index contributed by atoms with van der Waals surface area (Å²) in [4.78, 5) is 11.8. The first-order chi connectivity index (χ1) is 15.6. The molecule has 4 heterocycles. The number of hydrogen-bond donors (Lipinski definition) is 0. The number of benzene rings is 1. The molecule has 10 heteroatoms. The molecule has 0 bridgehead atoms. The molecule has 0 amide bonds. The largest absolute Gasteiger partial charge is 0.497 e. The molecule has 1 fully saturated rings. The summed E-state index contributed by atoms with van der Waals surface area (Å²) in [5, 5.41) is 12.1. The summed E-state index contributed by atoms with van der Waals surface area (Å²) in [6.07, 6.45) is 8.28. The fourth-order valence-electron chi connectivity index (χ4n) is 3.84. The second-order valence-electron chi connectivity index (χ2n) is 7.66. The van der Waals surface area contributed by atoms with Crippen LogP contribution in [0.4, 0.5) is 10.2 Å². The van der Waals surface area contributed by atoms with Gasteiger partial charge in [0.2, 0.25) is 0 Å². The van der Waals surface area contributed by atoms with E-state index in [1.165, 1.54) is 13.2 Å². The van der Waals surface area contributed by atoms with Crippen LogP contribution in [0.3, 0.4) is 0 Å². The lowest BCUT2D eigenvalue weighted by atomic mass is 10.1. The Kier molecular flexibility index (Phi) is 5.26. The van der Waals surface area contributed by atoms with E-state index in [0.717, 1.165) is 29.9 Å². The standard InChI is InChI=1S/C22H22FN7O2/c1-29-13-14(10-26-29)21-22(28-19-12-25-24-11-18(19)27-21)30-7-5-15(6-8-30)32-20-4-3-16(31-2)9-17(20)23/h3-4,9-13,15H,5-8H2,1-2H3. The number of aryl methyl sites for hydroxylation is 1. The lowest BCUT2D eigenvalue weighted by Gasteiger charge is -2.33. The molecule has 3 aromatic heterocycles. The quantitative estimate of drug-likeness (QED) is 0.473. The summed E-state index contributed by atoms with van der Waals surface area (Å²) >= 11 is 0. The van der Waals surface area contributed by atoms with Gasteiger partial charge in [0.05, 0.1) is 25.7 Å². The zero-order valence-electron chi connectivity index (χ0n) is 17.8. The normalized spacial score (nSPS) is 14.7. The lowest BCUT2D eigenvalue weighted by molar-refractivity contribution is 0.163. The van der Waals surface area contributed by atoms with Gasteiger partial charge >= 0.3 is 0 Å². The number of fused-ring (bicyclic) bond motifs is 1. The Bertz CT molecular complexity index is 1250. The average molecular weight is 435 g/mol. The van der Waals surface area contributed by atoms with Crippen molar-refractivity contribution in [2.75, 3.05) is 25.1 Å². The summed E-state index contributed by atoms with van der Waals surface area (Å²) in [5.74, 6) is 1.05. The van der Waals surface area contributed by atoms with Crippen molar-refractivity contribution in [2.24, 2.45) is 7.05 Å². The van der Waals surface area contributed by atoms with E-state index in [1.54, 1.807) is 35.4 Å². The van der Waals surface area contributed by atoms with Crippen molar-refractivity contribution >= 4 is 16.9 Å². The Labute approximate surface area is 183 Å². The molecule has 1 aromatic carbocycles. The third-order valence-corrected chi connectivity index (χ3v) is 5.51. The van der Waals surface area contributed by atoms with Crippen molar-refractivity contribution in [3.8, 4) is 22.8 Å². The van der Waals surface area contributed by atoms with Crippen LogP contribution in [0.25, 0.3) is 22.3 Å². The maximum absolute atomic E-state index is 14.3. The third kappa shape index (κ3) is 3.91. The van der Waals surface area contributed by atoms with Crippen LogP contribution in [-0.4, -0.2) is 56.2 Å². The first-order valence-corrected chi connectivity index (χ1v) is 10.3. The van der Waals surface area contributed by atoms with E-state index in [-0.39, 0.29) is 11.9 Å². The van der Waals surface area contributed by atoms with Gasteiger partial charge in [0, 0.05) is 50.8 Å². The number of ether oxygens (including phenoxy) is 2. The van der Waals surface area contributed by atoms with Crippen LogP contribution in [0.2, 0.25) is 0 Å². The van der Waals surface area contributed by atoms with Gasteiger partial charge in [-0.2, -0.15) is 15.3 Å². The lowest BCUT2D eigenvalue weighted by Crippen LogP contribution is -2.39. The molecule has 32 heavy (non-hydrogen) atoms. The predicted molar refractivity (Wildman–Crippen MR) is 116 cm³/mol. The molecule has 0 unspecified atom stereocenters. The Morgan fingerprint density at radius 1 is 1.03 bits per heavy atom. The van der Waals surface area contributed by atoms with Crippen LogP contribution in [0.15, 0.2) is 43.0 Å². The molecule has 1 aliphatic rings. The van der Waals surface area contributed by atoms with Crippen LogP contribution in [0.5, 0.6) is 11.5 Å². The minimum absolute atomic E-state index is 0.0877. The summed E-state index contributed by atoms with van der Waals surface area (Å²) in [6, 6.07) is 4.64. The van der Waals surface area contributed by atoms with Gasteiger partial charge in [0.1, 0.15) is 28.6 Å². The second-order valence-corrected chi connectivity index (χ2v) is 7.66. The number of aromatic nitrogens is 6. The highest BCUT2D eigenvalue weighted by atomic mass is 19.1. The topological polar surface area (TPSA) is 91.1 Å². The molecule has 0 N–H and O–H groups in total. The van der Waals surface area contributed by atoms with Gasteiger partial charge in [-0.3, -0.25) is 4.68 Å². The number of halogens is 1. The fraction of sp³-hybridized carbons (Fsp3) is 0.318. The molecule has 0 aliphatic carbocycles. The van der Waals surface area contributed by atoms with Crippen LogP contribution >= 0.6 is 0 Å². The number of methoxy groups -OCH3 is 1. The molecule has 164 valence electrons. The molecular formula is C22H22FN7O2. The van der Waals surface area contributed by atoms with Crippen molar-refractivity contribution < 1.29 is 13.9 Å². The van der Waals surface area contributed by atoms with Gasteiger partial charge in [-0.15, -0.1) is 0 Å². The van der Waals surface area contributed by atoms with Crippen molar-refractivity contribution in [3.63, 3.8) is 0 Å². The Balaban J connectivity index is 1.37. The van der Waals surface area contributed by atoms with E-state index < -0.39 is 5.82 Å². The molecule has 9 nitrogen and oxygen atoms in total. The Hall–Kier alpha value is -3.82. The van der Waals surface area contributed by atoms with Crippen molar-refractivity contribution in [1.29, 1.82) is 0 Å². The van der Waals surface area contributed by atoms with E-state index >= 15 is 0 Å². The fourth-order valence-corrected chi connectivity index (χ4v) is 3.84. The van der Waals surface area contributed by atoms with Gasteiger partial charge in [0.15, 0.2) is 17.4 Å². The monoisotopic (exact) mass is 435 g/mol. The third-order valence-electron chi connectivity index (χ3n) is 5.51. The zero-order chi connectivity index (χ0) is 22.1. The number of nitrogens with zero attached hydrogens (tertiary/aromatic N) is 7. The highest BCUT2D eigenvalue weighted by molar-refractivity contribution is 5.82. The van der Waals surface area contributed by atoms with Crippen LogP contribution in [-0.2, 0) is 7.05 Å². The van der Waals surface area contributed by atoms with Gasteiger partial charge < -0.3 is 14.4 Å². The van der Waals surface area contributed by atoms with E-state index in [0.29, 0.717) is 29.9 Å². The molecule has 5 rings (SSSR count). The molecule has 0 saturated carbocycles. The van der Waals surface area contributed by atoms with Gasteiger partial charge in [-0.1, -0.05) is 0 Å². The predicted octanol–water partition coefficient (Wildman–Crippen LogP) is 3.02. The summed E-state index contributed by atoms with van der Waals surface area (Å²) < 4.78 is 27.0. The van der Waals surface area contributed by atoms with Crippen molar-refractivity contribution in [2.45, 2.75) is 18.9 Å². The summed E-state index contributed by atoms with van der Waals surface area (Å²) in [6.45, 7) is 1.41. The van der Waals surface area contributed by atoms with Gasteiger partial charge in [0.25, 0.3) is 0 Å². The SMILES string of the molecule is COc1ccc(OC2CCN(c3nc4cnncc4nc3-c3cnn(C)c3)CC2)c(F)c1. The summed E-state index contributed by atoms with van der Waals surface area (Å²) in [7, 11) is 3.37. The van der Waals surface area contributed by atoms with Crippen molar-refractivity contribution in [1.82, 2.24) is 29.9 Å². The molecule has 0 spiro atoms. The molecule has 0 radical (unpaired) electrons. The first kappa shape index (κ1) is 20.1. The molecule has 0 atom stereocenters. The first-order valence-electron chi connectivity index (χ1n) is 10.3. The minimum Gasteiger partial charge on any atom is -0.497 e. The summed E-state index contributed by atoms with van der Waals surface area (Å²) in [5.41, 5.74) is 2.99. The minimum atomic E-state index is -0.424. The number of rotatable bonds is 5. The molecule has 1 saturated heterocycles. The number of hydrogen-bond acceptors (Lipinski definition) is 8. The van der Waals surface area contributed by atoms with E-state index in [9.17, 15) is 4.39 Å². The van der Waals surface area contributed by atoms with Crippen LogP contribution in [0, 0.1) is 5.82 Å². The number of anilines is 1. The maximum atomic E-state index is 14.3. The number of piperidine rings is 1. The van der Waals surface area contributed by atoms with Crippen LogP contribution in [0.1, 0.15) is 12.8 Å². The Morgan fingerprint density at radius 2 is 1.78 bits per heavy atom. The van der Waals surface area contributed by atoms with Gasteiger partial charge in [-0.05, 0) is 12.1 Å². The van der Waals surface area contributed by atoms with Crippen molar-refractivity contribution in [3.05, 3.63) is 48.8 Å². The van der Waals surface area contributed by atoms with Crippen LogP contribution < -0.4 is 14.4 Å². The van der Waals surface area contributed by atoms with E-state index in [4.69, 9.17) is 19.4 Å². The Morgan fingerprint density at radius 3 is 2.44 bits per heavy atom. The van der Waals surface area contributed by atoms with E-state index in [2.05, 4.69) is 20.2 Å². The molecule has 1 aliphatic heterocycles. The maximum Gasteiger partial charge on any atom is 0.168 e. The highest BCUT2D eigenvalue weighted by Gasteiger charge is 2.26. The molecule has 4 aromatic rings. The van der Waals surface area contributed by atoms with Gasteiger partial charge in [-0.25, -0.2) is 14.4 Å². The second kappa shape index (κ2) is 8.37. The highest BCUT2D eigenvalue weighted by Crippen LogP contribution is 2.32. The smallest absolute Gasteiger partial charge is 0.168 e. The average Bonchev–Trinajstić information content (AvgIpc) is 3.26. The van der Waals surface area contributed by atoms with E-state index in [1.807, 2.05) is 13.2 Å². The molecular weight excluding hydrogens is 413 g/mol.